The number of nitriles is 1. The number of aromatic nitrogens is 1. The van der Waals surface area contributed by atoms with Gasteiger partial charge in [0.15, 0.2) is 0 Å². The van der Waals surface area contributed by atoms with Gasteiger partial charge in [-0.15, -0.1) is 0 Å². The lowest BCUT2D eigenvalue weighted by Gasteiger charge is -2.37. The maximum Gasteiger partial charge on any atom is 0.326 e. The highest BCUT2D eigenvalue weighted by Crippen LogP contribution is 2.28. The molecular weight excluding hydrogens is 242 g/mol. The molecule has 0 spiro atoms. The van der Waals surface area contributed by atoms with E-state index in [1.54, 1.807) is 12.1 Å². The highest BCUT2D eigenvalue weighted by molar-refractivity contribution is 5.78. The highest BCUT2D eigenvalue weighted by Gasteiger charge is 2.33. The Kier molecular flexibility index (Phi) is 4.00. The third-order valence-electron chi connectivity index (χ3n) is 3.74. The molecule has 1 fully saturated rings. The first-order valence-corrected chi connectivity index (χ1v) is 6.51. The Hall–Kier alpha value is -2.09. The fourth-order valence-electron chi connectivity index (χ4n) is 2.54. The normalized spacial score (nSPS) is 22.8. The van der Waals surface area contributed by atoms with Crippen LogP contribution in [-0.4, -0.2) is 28.6 Å². The van der Waals surface area contributed by atoms with Crippen LogP contribution in [0.2, 0.25) is 0 Å². The molecule has 1 aliphatic heterocycles. The van der Waals surface area contributed by atoms with E-state index < -0.39 is 12.0 Å². The van der Waals surface area contributed by atoms with E-state index in [-0.39, 0.29) is 0 Å². The molecule has 1 saturated heterocycles. The molecule has 2 rings (SSSR count). The lowest BCUT2D eigenvalue weighted by molar-refractivity contribution is -0.139. The van der Waals surface area contributed by atoms with Crippen LogP contribution in [0.5, 0.6) is 0 Å². The van der Waals surface area contributed by atoms with E-state index in [9.17, 15) is 9.90 Å². The Morgan fingerprint density at radius 2 is 2.42 bits per heavy atom. The molecule has 19 heavy (non-hydrogen) atoms. The summed E-state index contributed by atoms with van der Waals surface area (Å²) in [5.41, 5.74) is 0.485. The number of hydrogen-bond acceptors (Lipinski definition) is 4. The number of hydrogen-bond donors (Lipinski definition) is 1. The molecule has 1 aliphatic rings. The molecule has 0 aromatic carbocycles. The van der Waals surface area contributed by atoms with E-state index >= 15 is 0 Å². The van der Waals surface area contributed by atoms with Crippen LogP contribution in [-0.2, 0) is 4.79 Å². The van der Waals surface area contributed by atoms with Crippen LogP contribution in [0.25, 0.3) is 0 Å². The minimum atomic E-state index is -0.802. The van der Waals surface area contributed by atoms with E-state index in [2.05, 4.69) is 11.9 Å². The Morgan fingerprint density at radius 1 is 1.63 bits per heavy atom. The van der Waals surface area contributed by atoms with Crippen LogP contribution in [0.4, 0.5) is 5.82 Å². The minimum absolute atomic E-state index is 0.468. The van der Waals surface area contributed by atoms with E-state index in [4.69, 9.17) is 5.26 Å². The average molecular weight is 259 g/mol. The standard InChI is InChI=1S/C14H17N3O2/c1-2-10-5-6-17(12(7-10)14(18)19)13-4-3-11(8-15)9-16-13/h3-4,9-10,12H,2,5-7H2,1H3,(H,18,19). The lowest BCUT2D eigenvalue weighted by atomic mass is 9.89. The number of carbonyl (C=O) groups is 1. The number of rotatable bonds is 3. The molecule has 2 heterocycles. The van der Waals surface area contributed by atoms with Gasteiger partial charge in [0, 0.05) is 12.7 Å². The number of pyridine rings is 1. The van der Waals surface area contributed by atoms with Crippen LogP contribution < -0.4 is 4.90 Å². The maximum atomic E-state index is 11.4. The van der Waals surface area contributed by atoms with Crippen LogP contribution in [0.15, 0.2) is 18.3 Å². The predicted molar refractivity (Wildman–Crippen MR) is 70.7 cm³/mol. The number of anilines is 1. The van der Waals surface area contributed by atoms with Crippen molar-refractivity contribution in [3.05, 3.63) is 23.9 Å². The van der Waals surface area contributed by atoms with E-state index in [0.717, 1.165) is 12.8 Å². The lowest BCUT2D eigenvalue weighted by Crippen LogP contribution is -2.47. The van der Waals surface area contributed by atoms with Crippen LogP contribution >= 0.6 is 0 Å². The molecule has 1 aromatic heterocycles. The SMILES string of the molecule is CCC1CCN(c2ccc(C#N)cn2)C(C(=O)O)C1. The quantitative estimate of drug-likeness (QED) is 0.898. The maximum absolute atomic E-state index is 11.4. The van der Waals surface area contributed by atoms with Gasteiger partial charge in [-0.05, 0) is 30.9 Å². The smallest absolute Gasteiger partial charge is 0.326 e. The Balaban J connectivity index is 2.21. The zero-order valence-corrected chi connectivity index (χ0v) is 10.9. The molecule has 2 atom stereocenters. The first kappa shape index (κ1) is 13.3. The van der Waals surface area contributed by atoms with Crippen molar-refractivity contribution in [3.8, 4) is 6.07 Å². The molecule has 1 N–H and O–H groups in total. The van der Waals surface area contributed by atoms with Crippen molar-refractivity contribution in [3.63, 3.8) is 0 Å². The molecule has 0 radical (unpaired) electrons. The van der Waals surface area contributed by atoms with Crippen molar-refractivity contribution in [2.75, 3.05) is 11.4 Å². The minimum Gasteiger partial charge on any atom is -0.480 e. The summed E-state index contributed by atoms with van der Waals surface area (Å²) in [7, 11) is 0. The molecule has 0 bridgehead atoms. The third-order valence-corrected chi connectivity index (χ3v) is 3.74. The molecule has 0 aliphatic carbocycles. The third kappa shape index (κ3) is 2.84. The van der Waals surface area contributed by atoms with Gasteiger partial charge in [-0.1, -0.05) is 13.3 Å². The van der Waals surface area contributed by atoms with E-state index in [0.29, 0.717) is 30.3 Å². The van der Waals surface area contributed by atoms with E-state index in [1.807, 2.05) is 11.0 Å². The summed E-state index contributed by atoms with van der Waals surface area (Å²) in [4.78, 5) is 17.4. The number of carboxylic acid groups (broad SMARTS) is 1. The zero-order chi connectivity index (χ0) is 13.8. The second kappa shape index (κ2) is 5.70. The van der Waals surface area contributed by atoms with E-state index in [1.165, 1.54) is 6.20 Å². The molecule has 0 amide bonds. The van der Waals surface area contributed by atoms with Crippen LogP contribution in [0.1, 0.15) is 31.7 Å². The molecule has 2 unspecified atom stereocenters. The number of nitrogens with zero attached hydrogens (tertiary/aromatic N) is 3. The fourth-order valence-corrected chi connectivity index (χ4v) is 2.54. The van der Waals surface area contributed by atoms with Crippen molar-refractivity contribution in [1.29, 1.82) is 5.26 Å². The second-order valence-corrected chi connectivity index (χ2v) is 4.86. The van der Waals surface area contributed by atoms with Gasteiger partial charge in [-0.2, -0.15) is 5.26 Å². The van der Waals surface area contributed by atoms with Gasteiger partial charge in [-0.3, -0.25) is 0 Å². The van der Waals surface area contributed by atoms with Gasteiger partial charge in [0.05, 0.1) is 5.56 Å². The van der Waals surface area contributed by atoms with Crippen molar-refractivity contribution in [2.24, 2.45) is 5.92 Å². The molecule has 5 nitrogen and oxygen atoms in total. The van der Waals surface area contributed by atoms with Gasteiger partial charge in [0.25, 0.3) is 0 Å². The summed E-state index contributed by atoms with van der Waals surface area (Å²) in [5, 5.41) is 18.1. The first-order valence-electron chi connectivity index (χ1n) is 6.51. The van der Waals surface area contributed by atoms with Gasteiger partial charge in [0.1, 0.15) is 17.9 Å². The Labute approximate surface area is 112 Å². The zero-order valence-electron chi connectivity index (χ0n) is 10.9. The molecule has 5 heteroatoms. The second-order valence-electron chi connectivity index (χ2n) is 4.86. The summed E-state index contributed by atoms with van der Waals surface area (Å²) < 4.78 is 0. The summed E-state index contributed by atoms with van der Waals surface area (Å²) in [5.74, 6) is 0.306. The number of piperidine rings is 1. The van der Waals surface area contributed by atoms with Gasteiger partial charge in [0.2, 0.25) is 0 Å². The van der Waals surface area contributed by atoms with Crippen LogP contribution in [0.3, 0.4) is 0 Å². The first-order chi connectivity index (χ1) is 9.15. The van der Waals surface area contributed by atoms with Crippen molar-refractivity contribution < 1.29 is 9.90 Å². The van der Waals surface area contributed by atoms with Crippen molar-refractivity contribution >= 4 is 11.8 Å². The Morgan fingerprint density at radius 3 is 2.95 bits per heavy atom. The summed E-state index contributed by atoms with van der Waals surface area (Å²) in [6, 6.07) is 4.89. The fraction of sp³-hybridized carbons (Fsp3) is 0.500. The predicted octanol–water partition coefficient (Wildman–Crippen LogP) is 2.03. The molecular formula is C14H17N3O2. The van der Waals surface area contributed by atoms with Gasteiger partial charge in [-0.25, -0.2) is 9.78 Å². The van der Waals surface area contributed by atoms with Crippen molar-refractivity contribution in [1.82, 2.24) is 4.98 Å². The van der Waals surface area contributed by atoms with Crippen molar-refractivity contribution in [2.45, 2.75) is 32.2 Å². The molecule has 100 valence electrons. The largest absolute Gasteiger partial charge is 0.480 e. The summed E-state index contributed by atoms with van der Waals surface area (Å²) >= 11 is 0. The molecule has 0 saturated carbocycles. The summed E-state index contributed by atoms with van der Waals surface area (Å²) in [6.45, 7) is 2.80. The number of carboxylic acids is 1. The van der Waals surface area contributed by atoms with Crippen LogP contribution in [0, 0.1) is 17.2 Å². The monoisotopic (exact) mass is 259 g/mol. The topological polar surface area (TPSA) is 77.2 Å². The molecule has 1 aromatic rings. The average Bonchev–Trinajstić information content (AvgIpc) is 2.46. The highest BCUT2D eigenvalue weighted by atomic mass is 16.4. The van der Waals surface area contributed by atoms with Gasteiger partial charge < -0.3 is 10.0 Å². The van der Waals surface area contributed by atoms with Gasteiger partial charge >= 0.3 is 5.97 Å². The number of aliphatic carboxylic acids is 1. The Bertz CT molecular complexity index is 492. The summed E-state index contributed by atoms with van der Waals surface area (Å²) in [6.07, 6.45) is 4.15.